The number of carbonyl (C=O) groups excluding carboxylic acids is 1. The van der Waals surface area contributed by atoms with Crippen LogP contribution in [0.5, 0.6) is 0 Å². The highest BCUT2D eigenvalue weighted by Crippen LogP contribution is 2.30. The molecule has 0 unspecified atom stereocenters. The molecular formula is C18H34N2O4. The summed E-state index contributed by atoms with van der Waals surface area (Å²) in [4.78, 5) is 14.3. The Labute approximate surface area is 146 Å². The lowest BCUT2D eigenvalue weighted by molar-refractivity contribution is -0.190. The van der Waals surface area contributed by atoms with Crippen LogP contribution in [-0.2, 0) is 14.2 Å². The first-order valence-corrected chi connectivity index (χ1v) is 9.16. The first-order valence-electron chi connectivity index (χ1n) is 9.16. The van der Waals surface area contributed by atoms with Crippen LogP contribution in [0, 0.1) is 11.8 Å². The third-order valence-electron chi connectivity index (χ3n) is 4.65. The number of nitrogens with one attached hydrogen (secondary N) is 1. The molecule has 2 aliphatic rings. The van der Waals surface area contributed by atoms with Gasteiger partial charge in [0.2, 0.25) is 0 Å². The molecule has 1 atom stereocenters. The third-order valence-corrected chi connectivity index (χ3v) is 4.65. The van der Waals surface area contributed by atoms with Gasteiger partial charge in [-0.15, -0.1) is 0 Å². The van der Waals surface area contributed by atoms with Gasteiger partial charge >= 0.3 is 6.09 Å². The Hall–Kier alpha value is -0.850. The van der Waals surface area contributed by atoms with Gasteiger partial charge < -0.3 is 19.5 Å². The summed E-state index contributed by atoms with van der Waals surface area (Å²) in [5.74, 6) is 0.454. The Bertz CT molecular complexity index is 414. The number of piperidine rings is 1. The van der Waals surface area contributed by atoms with Crippen molar-refractivity contribution in [1.82, 2.24) is 10.2 Å². The second-order valence-electron chi connectivity index (χ2n) is 8.33. The summed E-state index contributed by atoms with van der Waals surface area (Å²) in [7, 11) is 0. The molecule has 2 aliphatic heterocycles. The molecule has 1 spiro atoms. The fourth-order valence-corrected chi connectivity index (χ4v) is 3.33. The molecule has 140 valence electrons. The van der Waals surface area contributed by atoms with Crippen LogP contribution in [0.1, 0.15) is 47.5 Å². The maximum atomic E-state index is 11.9. The number of carbonyl (C=O) groups is 1. The highest BCUT2D eigenvalue weighted by atomic mass is 16.7. The minimum Gasteiger partial charge on any atom is -0.444 e. The Morgan fingerprint density at radius 2 is 1.96 bits per heavy atom. The molecule has 6 nitrogen and oxygen atoms in total. The Balaban J connectivity index is 1.83. The molecule has 6 heteroatoms. The monoisotopic (exact) mass is 342 g/mol. The number of alkyl carbamates (subject to hydrolysis) is 1. The number of hydrogen-bond acceptors (Lipinski definition) is 5. The minimum atomic E-state index is -0.464. The molecule has 2 fully saturated rings. The van der Waals surface area contributed by atoms with E-state index in [1.54, 1.807) is 0 Å². The SMILES string of the molecule is CC(C)[C@H](CNC(=O)OC(C)(C)C)CN1CCCC2(C1)OCCO2. The van der Waals surface area contributed by atoms with E-state index in [0.717, 1.165) is 32.5 Å². The van der Waals surface area contributed by atoms with Gasteiger partial charge in [0.05, 0.1) is 19.8 Å². The maximum absolute atomic E-state index is 11.9. The quantitative estimate of drug-likeness (QED) is 0.832. The molecule has 1 N–H and O–H groups in total. The van der Waals surface area contributed by atoms with Gasteiger partial charge in [-0.1, -0.05) is 13.8 Å². The average molecular weight is 342 g/mol. The first-order chi connectivity index (χ1) is 11.2. The molecular weight excluding hydrogens is 308 g/mol. The molecule has 1 amide bonds. The molecule has 0 aromatic heterocycles. The van der Waals surface area contributed by atoms with Crippen LogP contribution in [0.3, 0.4) is 0 Å². The van der Waals surface area contributed by atoms with Gasteiger partial charge in [-0.3, -0.25) is 4.90 Å². The van der Waals surface area contributed by atoms with E-state index in [9.17, 15) is 4.79 Å². The lowest BCUT2D eigenvalue weighted by Crippen LogP contribution is -2.51. The van der Waals surface area contributed by atoms with Crippen molar-refractivity contribution in [2.75, 3.05) is 39.4 Å². The summed E-state index contributed by atoms with van der Waals surface area (Å²) in [5, 5.41) is 2.92. The van der Waals surface area contributed by atoms with Gasteiger partial charge in [0, 0.05) is 19.5 Å². The van der Waals surface area contributed by atoms with Gasteiger partial charge in [0.1, 0.15) is 5.60 Å². The van der Waals surface area contributed by atoms with Crippen molar-refractivity contribution in [3.8, 4) is 0 Å². The van der Waals surface area contributed by atoms with E-state index in [1.165, 1.54) is 0 Å². The third kappa shape index (κ3) is 5.90. The van der Waals surface area contributed by atoms with E-state index in [4.69, 9.17) is 14.2 Å². The molecule has 2 rings (SSSR count). The number of rotatable bonds is 5. The van der Waals surface area contributed by atoms with Crippen LogP contribution in [0.4, 0.5) is 4.79 Å². The van der Waals surface area contributed by atoms with Crippen molar-refractivity contribution in [2.24, 2.45) is 11.8 Å². The van der Waals surface area contributed by atoms with Crippen molar-refractivity contribution in [3.05, 3.63) is 0 Å². The smallest absolute Gasteiger partial charge is 0.407 e. The fraction of sp³-hybridized carbons (Fsp3) is 0.944. The van der Waals surface area contributed by atoms with E-state index in [0.29, 0.717) is 31.6 Å². The summed E-state index contributed by atoms with van der Waals surface area (Å²) in [6.45, 7) is 14.9. The summed E-state index contributed by atoms with van der Waals surface area (Å²) in [6.07, 6.45) is 1.72. The van der Waals surface area contributed by atoms with E-state index in [-0.39, 0.29) is 6.09 Å². The zero-order valence-electron chi connectivity index (χ0n) is 15.9. The number of hydrogen-bond donors (Lipinski definition) is 1. The predicted octanol–water partition coefficient (Wildman–Crippen LogP) is 2.62. The molecule has 2 heterocycles. The zero-order chi connectivity index (χ0) is 17.8. The van der Waals surface area contributed by atoms with Gasteiger partial charge in [0.15, 0.2) is 5.79 Å². The average Bonchev–Trinajstić information content (AvgIpc) is 2.89. The number of ether oxygens (including phenoxy) is 3. The number of nitrogens with zero attached hydrogens (tertiary/aromatic N) is 1. The standard InChI is InChI=1S/C18H34N2O4/c1-14(2)15(11-19-16(21)24-17(3,4)5)12-20-8-6-7-18(13-20)22-9-10-23-18/h14-15H,6-13H2,1-5H3,(H,19,21)/t15-/m1/s1. The van der Waals surface area contributed by atoms with Crippen molar-refractivity contribution < 1.29 is 19.0 Å². The number of amides is 1. The van der Waals surface area contributed by atoms with Crippen LogP contribution >= 0.6 is 0 Å². The lowest BCUT2D eigenvalue weighted by Gasteiger charge is -2.40. The lowest BCUT2D eigenvalue weighted by atomic mass is 9.93. The maximum Gasteiger partial charge on any atom is 0.407 e. The van der Waals surface area contributed by atoms with E-state index >= 15 is 0 Å². The highest BCUT2D eigenvalue weighted by molar-refractivity contribution is 5.67. The molecule has 2 saturated heterocycles. The van der Waals surface area contributed by atoms with Crippen LogP contribution < -0.4 is 5.32 Å². The molecule has 0 bridgehead atoms. The molecule has 24 heavy (non-hydrogen) atoms. The van der Waals surface area contributed by atoms with Crippen molar-refractivity contribution in [2.45, 2.75) is 58.8 Å². The van der Waals surface area contributed by atoms with Crippen LogP contribution in [0.2, 0.25) is 0 Å². The molecule has 0 aromatic carbocycles. The summed E-state index contributed by atoms with van der Waals surface area (Å²) >= 11 is 0. The Kier molecular flexibility index (Phi) is 6.51. The van der Waals surface area contributed by atoms with Gasteiger partial charge in [-0.2, -0.15) is 0 Å². The highest BCUT2D eigenvalue weighted by Gasteiger charge is 2.41. The fourth-order valence-electron chi connectivity index (χ4n) is 3.33. The molecule has 0 saturated carbocycles. The van der Waals surface area contributed by atoms with Crippen LogP contribution in [-0.4, -0.2) is 61.8 Å². The van der Waals surface area contributed by atoms with Gasteiger partial charge in [-0.05, 0) is 45.6 Å². The van der Waals surface area contributed by atoms with Crippen LogP contribution in [0.25, 0.3) is 0 Å². The Morgan fingerprint density at radius 1 is 1.29 bits per heavy atom. The molecule has 0 aliphatic carbocycles. The Morgan fingerprint density at radius 3 is 2.54 bits per heavy atom. The van der Waals surface area contributed by atoms with E-state index in [1.807, 2.05) is 20.8 Å². The second-order valence-corrected chi connectivity index (χ2v) is 8.33. The normalized spacial score (nSPS) is 22.8. The molecule has 0 radical (unpaired) electrons. The minimum absolute atomic E-state index is 0.342. The van der Waals surface area contributed by atoms with Crippen LogP contribution in [0.15, 0.2) is 0 Å². The summed E-state index contributed by atoms with van der Waals surface area (Å²) < 4.78 is 17.0. The van der Waals surface area contributed by atoms with Crippen molar-refractivity contribution >= 4 is 6.09 Å². The topological polar surface area (TPSA) is 60.0 Å². The van der Waals surface area contributed by atoms with Gasteiger partial charge in [0.25, 0.3) is 0 Å². The van der Waals surface area contributed by atoms with Gasteiger partial charge in [-0.25, -0.2) is 4.79 Å². The second kappa shape index (κ2) is 8.02. The summed E-state index contributed by atoms with van der Waals surface area (Å²) in [5.41, 5.74) is -0.464. The largest absolute Gasteiger partial charge is 0.444 e. The van der Waals surface area contributed by atoms with Crippen molar-refractivity contribution in [1.29, 1.82) is 0 Å². The number of likely N-dealkylation sites (tertiary alicyclic amines) is 1. The first kappa shape index (κ1) is 19.5. The van der Waals surface area contributed by atoms with E-state index in [2.05, 4.69) is 24.1 Å². The van der Waals surface area contributed by atoms with Crippen molar-refractivity contribution in [3.63, 3.8) is 0 Å². The predicted molar refractivity (Wildman–Crippen MR) is 92.9 cm³/mol. The summed E-state index contributed by atoms with van der Waals surface area (Å²) in [6, 6.07) is 0. The molecule has 0 aromatic rings. The zero-order valence-corrected chi connectivity index (χ0v) is 15.9. The van der Waals surface area contributed by atoms with E-state index < -0.39 is 11.4 Å².